The molecule has 5 atom stereocenters. The Balaban J connectivity index is 2.04. The maximum atomic E-state index is 13.5. The topological polar surface area (TPSA) is 187 Å². The van der Waals surface area contributed by atoms with E-state index in [2.05, 4.69) is 50.6 Å². The van der Waals surface area contributed by atoms with Crippen molar-refractivity contribution in [3.8, 4) is 11.5 Å². The monoisotopic (exact) mass is 822 g/mol. The zero-order chi connectivity index (χ0) is 44.1. The third-order valence-corrected chi connectivity index (χ3v) is 10.1. The van der Waals surface area contributed by atoms with E-state index in [-0.39, 0.29) is 29.6 Å². The van der Waals surface area contributed by atoms with Crippen molar-refractivity contribution < 1.29 is 33.5 Å². The average Bonchev–Trinajstić information content (AvgIpc) is 3.20. The van der Waals surface area contributed by atoms with Gasteiger partial charge in [0, 0.05) is 30.8 Å². The highest BCUT2D eigenvalue weighted by Gasteiger charge is 2.31. The van der Waals surface area contributed by atoms with Crippen LogP contribution in [0.5, 0.6) is 11.5 Å². The number of rotatable bonds is 26. The zero-order valence-corrected chi connectivity index (χ0v) is 37.0. The van der Waals surface area contributed by atoms with E-state index in [0.717, 1.165) is 25.9 Å². The SMILES string of the molecule is CCCCNC(=O)[C@H](CC(C)C)NC(=O)[C@@H](NC(=O)c1ccc(Oc2ccc(C(=O)N[C@@H](CC(C)C)C(=O)N[C@@H](C)C(=O)NCCN(CC)CC)cc2)cc1)C(C)CC. The number of benzene rings is 2. The first-order valence-corrected chi connectivity index (χ1v) is 21.4. The van der Waals surface area contributed by atoms with Gasteiger partial charge in [0.15, 0.2) is 0 Å². The summed E-state index contributed by atoms with van der Waals surface area (Å²) in [4.78, 5) is 81.1. The van der Waals surface area contributed by atoms with Gasteiger partial charge in [0.1, 0.15) is 35.7 Å². The van der Waals surface area contributed by atoms with Gasteiger partial charge in [-0.1, -0.05) is 75.2 Å². The Morgan fingerprint density at radius 3 is 1.54 bits per heavy atom. The fraction of sp³-hybridized carbons (Fsp3) is 0.600. The van der Waals surface area contributed by atoms with E-state index in [0.29, 0.717) is 61.5 Å². The highest BCUT2D eigenvalue weighted by molar-refractivity contribution is 5.99. The van der Waals surface area contributed by atoms with E-state index >= 15 is 0 Å². The second kappa shape index (κ2) is 26.2. The lowest BCUT2D eigenvalue weighted by molar-refractivity contribution is -0.131. The number of carbonyl (C=O) groups excluding carboxylic acids is 6. The second-order valence-corrected chi connectivity index (χ2v) is 16.0. The molecule has 0 fully saturated rings. The number of hydrogen-bond donors (Lipinski definition) is 6. The summed E-state index contributed by atoms with van der Waals surface area (Å²) in [6.45, 7) is 23.0. The van der Waals surface area contributed by atoms with Gasteiger partial charge in [-0.15, -0.1) is 0 Å². The molecular formula is C45H71N7O7. The first kappa shape index (κ1) is 50.2. The number of ether oxygens (including phenoxy) is 1. The number of nitrogens with zero attached hydrogens (tertiary/aromatic N) is 1. The molecule has 14 heteroatoms. The third kappa shape index (κ3) is 17.8. The Labute approximate surface area is 352 Å². The predicted molar refractivity (Wildman–Crippen MR) is 232 cm³/mol. The van der Waals surface area contributed by atoms with Crippen LogP contribution in [-0.2, 0) is 19.2 Å². The molecule has 2 rings (SSSR count). The second-order valence-electron chi connectivity index (χ2n) is 16.0. The minimum atomic E-state index is -0.852. The Bertz CT molecular complexity index is 1630. The number of likely N-dealkylation sites (N-methyl/N-ethyl adjacent to an activating group) is 1. The summed E-state index contributed by atoms with van der Waals surface area (Å²) in [6, 6.07) is 9.70. The summed E-state index contributed by atoms with van der Waals surface area (Å²) >= 11 is 0. The third-order valence-electron chi connectivity index (χ3n) is 10.1. The molecule has 0 aromatic heterocycles. The molecule has 14 nitrogen and oxygen atoms in total. The summed E-state index contributed by atoms with van der Waals surface area (Å²) in [5.74, 6) is -1.28. The molecule has 0 aliphatic rings. The lowest BCUT2D eigenvalue weighted by atomic mass is 9.96. The standard InChI is InChI=1S/C45H71N7O7/c1-11-15-24-46-43(56)37(27-29(5)6)50-45(58)39(31(9)12-2)51-42(55)34-18-22-36(23-19-34)59-35-20-16-33(17-21-35)41(54)49-38(28-30(7)8)44(57)48-32(10)40(53)47-25-26-52(13-3)14-4/h16-23,29-32,37-39H,11-15,24-28H2,1-10H3,(H,46,56)(H,47,53)(H,48,57)(H,49,54)(H,50,58)(H,51,55)/t31?,32-,37-,38-,39-/m0/s1. The van der Waals surface area contributed by atoms with Crippen LogP contribution in [0.1, 0.15) is 122 Å². The molecule has 6 N–H and O–H groups in total. The maximum absolute atomic E-state index is 13.5. The number of unbranched alkanes of at least 4 members (excludes halogenated alkanes) is 1. The van der Waals surface area contributed by atoms with Gasteiger partial charge in [0.05, 0.1) is 0 Å². The fourth-order valence-electron chi connectivity index (χ4n) is 6.24. The van der Waals surface area contributed by atoms with Crippen molar-refractivity contribution in [1.29, 1.82) is 0 Å². The number of nitrogens with one attached hydrogen (secondary N) is 6. The Morgan fingerprint density at radius 1 is 0.576 bits per heavy atom. The molecule has 6 amide bonds. The van der Waals surface area contributed by atoms with Gasteiger partial charge in [-0.05, 0) is 106 Å². The van der Waals surface area contributed by atoms with Gasteiger partial charge in [0.2, 0.25) is 23.6 Å². The normalized spacial score (nSPS) is 13.8. The summed E-state index contributed by atoms with van der Waals surface area (Å²) in [7, 11) is 0. The lowest BCUT2D eigenvalue weighted by Gasteiger charge is -2.27. The lowest BCUT2D eigenvalue weighted by Crippen LogP contribution is -2.56. The molecule has 328 valence electrons. The van der Waals surface area contributed by atoms with Crippen molar-refractivity contribution in [1.82, 2.24) is 36.8 Å². The van der Waals surface area contributed by atoms with Crippen LogP contribution in [0, 0.1) is 17.8 Å². The summed E-state index contributed by atoms with van der Waals surface area (Å²) in [6.07, 6.45) is 3.27. The molecule has 0 heterocycles. The first-order valence-electron chi connectivity index (χ1n) is 21.4. The van der Waals surface area contributed by atoms with Gasteiger partial charge in [0.25, 0.3) is 11.8 Å². The van der Waals surface area contributed by atoms with Gasteiger partial charge in [-0.25, -0.2) is 0 Å². The quantitative estimate of drug-likeness (QED) is 0.0701. The molecule has 0 radical (unpaired) electrons. The summed E-state index contributed by atoms with van der Waals surface area (Å²) < 4.78 is 5.98. The molecule has 2 aromatic carbocycles. The van der Waals surface area contributed by atoms with Gasteiger partial charge in [-0.3, -0.25) is 28.8 Å². The van der Waals surface area contributed by atoms with Crippen molar-refractivity contribution in [2.45, 2.75) is 126 Å². The molecule has 0 bridgehead atoms. The van der Waals surface area contributed by atoms with Crippen LogP contribution in [0.4, 0.5) is 0 Å². The Hall–Kier alpha value is -4.98. The molecule has 1 unspecified atom stereocenters. The molecule has 2 aromatic rings. The van der Waals surface area contributed by atoms with Crippen LogP contribution in [0.15, 0.2) is 48.5 Å². The van der Waals surface area contributed by atoms with E-state index in [1.165, 1.54) is 0 Å². The first-order chi connectivity index (χ1) is 28.0. The van der Waals surface area contributed by atoms with E-state index in [9.17, 15) is 28.8 Å². The molecular weight excluding hydrogens is 751 g/mol. The van der Waals surface area contributed by atoms with Crippen LogP contribution in [-0.4, -0.2) is 97.2 Å². The van der Waals surface area contributed by atoms with Crippen molar-refractivity contribution in [3.05, 3.63) is 59.7 Å². The average molecular weight is 822 g/mol. The summed E-state index contributed by atoms with van der Waals surface area (Å²) in [5.41, 5.74) is 0.646. The van der Waals surface area contributed by atoms with Crippen molar-refractivity contribution >= 4 is 35.4 Å². The molecule has 0 saturated heterocycles. The Kier molecular flexibility index (Phi) is 22.3. The molecule has 0 spiro atoms. The van der Waals surface area contributed by atoms with Crippen molar-refractivity contribution in [2.75, 3.05) is 32.7 Å². The van der Waals surface area contributed by atoms with Crippen LogP contribution in [0.25, 0.3) is 0 Å². The minimum absolute atomic E-state index is 0.0975. The van der Waals surface area contributed by atoms with Crippen LogP contribution in [0.2, 0.25) is 0 Å². The van der Waals surface area contributed by atoms with Gasteiger partial charge < -0.3 is 41.5 Å². The highest BCUT2D eigenvalue weighted by atomic mass is 16.5. The molecule has 59 heavy (non-hydrogen) atoms. The van der Waals surface area contributed by atoms with Crippen LogP contribution >= 0.6 is 0 Å². The predicted octanol–water partition coefficient (Wildman–Crippen LogP) is 5.18. The van der Waals surface area contributed by atoms with Gasteiger partial charge >= 0.3 is 0 Å². The van der Waals surface area contributed by atoms with Crippen molar-refractivity contribution in [2.24, 2.45) is 17.8 Å². The Morgan fingerprint density at radius 2 is 1.07 bits per heavy atom. The molecule has 0 aliphatic heterocycles. The van der Waals surface area contributed by atoms with E-state index in [1.54, 1.807) is 55.5 Å². The molecule has 0 aliphatic carbocycles. The zero-order valence-electron chi connectivity index (χ0n) is 37.0. The van der Waals surface area contributed by atoms with E-state index in [1.807, 2.05) is 48.5 Å². The van der Waals surface area contributed by atoms with E-state index in [4.69, 9.17) is 4.74 Å². The maximum Gasteiger partial charge on any atom is 0.251 e. The van der Waals surface area contributed by atoms with Crippen LogP contribution < -0.4 is 36.6 Å². The van der Waals surface area contributed by atoms with E-state index < -0.39 is 47.8 Å². The minimum Gasteiger partial charge on any atom is -0.457 e. The summed E-state index contributed by atoms with van der Waals surface area (Å²) in [5, 5.41) is 17.1. The van der Waals surface area contributed by atoms with Gasteiger partial charge in [-0.2, -0.15) is 0 Å². The number of amides is 6. The number of carbonyl (C=O) groups is 6. The highest BCUT2D eigenvalue weighted by Crippen LogP contribution is 2.23. The largest absolute Gasteiger partial charge is 0.457 e. The van der Waals surface area contributed by atoms with Crippen LogP contribution in [0.3, 0.4) is 0 Å². The van der Waals surface area contributed by atoms with Crippen molar-refractivity contribution in [3.63, 3.8) is 0 Å². The fourth-order valence-corrected chi connectivity index (χ4v) is 6.24. The number of hydrogen-bond acceptors (Lipinski definition) is 8. The smallest absolute Gasteiger partial charge is 0.251 e. The molecule has 0 saturated carbocycles.